The summed E-state index contributed by atoms with van der Waals surface area (Å²) in [5.74, 6) is 0.224. The van der Waals surface area contributed by atoms with Crippen LogP contribution < -0.4 is 15.8 Å². The highest BCUT2D eigenvalue weighted by molar-refractivity contribution is 5.78. The SMILES string of the molecule is CO[C@@H]1CC[C@H](C(=O)NCCOc2ccc(F)cc2)C[C@H]1N. The number of amides is 1. The Morgan fingerprint density at radius 1 is 1.36 bits per heavy atom. The third-order valence-corrected chi connectivity index (χ3v) is 3.99. The molecule has 1 aliphatic carbocycles. The van der Waals surface area contributed by atoms with Crippen LogP contribution in [0.2, 0.25) is 0 Å². The van der Waals surface area contributed by atoms with Crippen molar-refractivity contribution in [2.24, 2.45) is 11.7 Å². The van der Waals surface area contributed by atoms with E-state index < -0.39 is 0 Å². The normalized spacial score (nSPS) is 24.8. The number of nitrogens with two attached hydrogens (primary N) is 1. The molecular formula is C16H23FN2O3. The molecule has 0 aromatic heterocycles. The van der Waals surface area contributed by atoms with Gasteiger partial charge in [0.05, 0.1) is 12.6 Å². The van der Waals surface area contributed by atoms with Gasteiger partial charge in [0.25, 0.3) is 0 Å². The average Bonchev–Trinajstić information content (AvgIpc) is 2.53. The van der Waals surface area contributed by atoms with Crippen molar-refractivity contribution in [3.8, 4) is 5.75 Å². The molecule has 3 N–H and O–H groups in total. The van der Waals surface area contributed by atoms with Gasteiger partial charge in [0.15, 0.2) is 0 Å². The Bertz CT molecular complexity index is 481. The number of carbonyl (C=O) groups is 1. The van der Waals surface area contributed by atoms with Crippen LogP contribution in [0.1, 0.15) is 19.3 Å². The summed E-state index contributed by atoms with van der Waals surface area (Å²) >= 11 is 0. The van der Waals surface area contributed by atoms with E-state index >= 15 is 0 Å². The van der Waals surface area contributed by atoms with E-state index in [1.807, 2.05) is 0 Å². The molecule has 0 heterocycles. The average molecular weight is 310 g/mol. The van der Waals surface area contributed by atoms with Gasteiger partial charge in [0.2, 0.25) is 5.91 Å². The Hall–Kier alpha value is -1.66. The summed E-state index contributed by atoms with van der Waals surface area (Å²) in [6, 6.07) is 5.70. The number of ether oxygens (including phenoxy) is 2. The molecule has 0 aliphatic heterocycles. The zero-order chi connectivity index (χ0) is 15.9. The molecule has 0 bridgehead atoms. The number of carbonyl (C=O) groups excluding carboxylic acids is 1. The Kier molecular flexibility index (Phi) is 6.15. The molecule has 0 spiro atoms. The van der Waals surface area contributed by atoms with Gasteiger partial charge in [-0.2, -0.15) is 0 Å². The van der Waals surface area contributed by atoms with Crippen molar-refractivity contribution in [3.63, 3.8) is 0 Å². The second-order valence-corrected chi connectivity index (χ2v) is 5.54. The number of hydrogen-bond acceptors (Lipinski definition) is 4. The van der Waals surface area contributed by atoms with Gasteiger partial charge in [-0.15, -0.1) is 0 Å². The molecule has 0 unspecified atom stereocenters. The van der Waals surface area contributed by atoms with E-state index in [1.54, 1.807) is 19.2 Å². The molecule has 1 amide bonds. The number of hydrogen-bond donors (Lipinski definition) is 2. The second-order valence-electron chi connectivity index (χ2n) is 5.54. The fourth-order valence-corrected chi connectivity index (χ4v) is 2.73. The lowest BCUT2D eigenvalue weighted by Gasteiger charge is -2.32. The summed E-state index contributed by atoms with van der Waals surface area (Å²) in [7, 11) is 1.65. The van der Waals surface area contributed by atoms with Crippen molar-refractivity contribution in [2.45, 2.75) is 31.4 Å². The van der Waals surface area contributed by atoms with Gasteiger partial charge in [-0.25, -0.2) is 4.39 Å². The summed E-state index contributed by atoms with van der Waals surface area (Å²) < 4.78 is 23.5. The maximum Gasteiger partial charge on any atom is 0.223 e. The first kappa shape index (κ1) is 16.7. The van der Waals surface area contributed by atoms with Crippen molar-refractivity contribution in [1.29, 1.82) is 0 Å². The number of halogens is 1. The van der Waals surface area contributed by atoms with Crippen LogP contribution in [0.5, 0.6) is 5.75 Å². The molecule has 1 saturated carbocycles. The predicted molar refractivity (Wildman–Crippen MR) is 81.0 cm³/mol. The highest BCUT2D eigenvalue weighted by Crippen LogP contribution is 2.25. The molecule has 3 atom stereocenters. The molecule has 1 aromatic carbocycles. The zero-order valence-electron chi connectivity index (χ0n) is 12.8. The number of methoxy groups -OCH3 is 1. The standard InChI is InChI=1S/C16H23FN2O3/c1-21-15-7-2-11(10-14(15)18)16(20)19-8-9-22-13-5-3-12(17)4-6-13/h3-6,11,14-15H,2,7-10,18H2,1H3,(H,19,20)/t11-,14+,15+/m0/s1. The van der Waals surface area contributed by atoms with Gasteiger partial charge in [-0.05, 0) is 43.5 Å². The van der Waals surface area contributed by atoms with Gasteiger partial charge in [0.1, 0.15) is 18.2 Å². The highest BCUT2D eigenvalue weighted by atomic mass is 19.1. The van der Waals surface area contributed by atoms with E-state index in [4.69, 9.17) is 15.2 Å². The lowest BCUT2D eigenvalue weighted by Crippen LogP contribution is -2.46. The van der Waals surface area contributed by atoms with Crippen LogP contribution in [0.3, 0.4) is 0 Å². The number of nitrogens with one attached hydrogen (secondary N) is 1. The van der Waals surface area contributed by atoms with Gasteiger partial charge < -0.3 is 20.5 Å². The first-order valence-electron chi connectivity index (χ1n) is 7.54. The zero-order valence-corrected chi connectivity index (χ0v) is 12.8. The smallest absolute Gasteiger partial charge is 0.223 e. The molecule has 1 fully saturated rings. The van der Waals surface area contributed by atoms with Gasteiger partial charge >= 0.3 is 0 Å². The first-order valence-corrected chi connectivity index (χ1v) is 7.54. The predicted octanol–water partition coefficient (Wildman–Crippen LogP) is 1.46. The third kappa shape index (κ3) is 4.68. The van der Waals surface area contributed by atoms with Crippen LogP contribution in [0, 0.1) is 11.7 Å². The minimum Gasteiger partial charge on any atom is -0.492 e. The van der Waals surface area contributed by atoms with Crippen LogP contribution in [-0.2, 0) is 9.53 Å². The van der Waals surface area contributed by atoms with E-state index in [1.165, 1.54) is 12.1 Å². The monoisotopic (exact) mass is 310 g/mol. The summed E-state index contributed by atoms with van der Waals surface area (Å²) in [4.78, 5) is 12.1. The second kappa shape index (κ2) is 8.10. The van der Waals surface area contributed by atoms with Gasteiger partial charge in [-0.3, -0.25) is 4.79 Å². The van der Waals surface area contributed by atoms with Crippen molar-refractivity contribution in [1.82, 2.24) is 5.32 Å². The third-order valence-electron chi connectivity index (χ3n) is 3.99. The molecule has 1 aromatic rings. The Morgan fingerprint density at radius 3 is 2.73 bits per heavy atom. The van der Waals surface area contributed by atoms with Crippen molar-refractivity contribution < 1.29 is 18.7 Å². The fraction of sp³-hybridized carbons (Fsp3) is 0.562. The van der Waals surface area contributed by atoms with Gasteiger partial charge in [0, 0.05) is 19.1 Å². The number of benzene rings is 1. The quantitative estimate of drug-likeness (QED) is 0.780. The highest BCUT2D eigenvalue weighted by Gasteiger charge is 2.31. The molecule has 6 heteroatoms. The summed E-state index contributed by atoms with van der Waals surface area (Å²) in [6.45, 7) is 0.756. The van der Waals surface area contributed by atoms with Crippen molar-refractivity contribution >= 4 is 5.91 Å². The van der Waals surface area contributed by atoms with Crippen LogP contribution in [0.15, 0.2) is 24.3 Å². The van der Waals surface area contributed by atoms with E-state index in [2.05, 4.69) is 5.32 Å². The van der Waals surface area contributed by atoms with E-state index in [0.29, 0.717) is 25.3 Å². The molecule has 22 heavy (non-hydrogen) atoms. The number of rotatable bonds is 6. The molecular weight excluding hydrogens is 287 g/mol. The maximum absolute atomic E-state index is 12.7. The molecule has 0 saturated heterocycles. The van der Waals surface area contributed by atoms with Crippen LogP contribution in [-0.4, -0.2) is 38.3 Å². The largest absolute Gasteiger partial charge is 0.492 e. The lowest BCUT2D eigenvalue weighted by atomic mass is 9.83. The minimum absolute atomic E-state index is 0.00714. The Labute approximate surface area is 130 Å². The molecule has 5 nitrogen and oxygen atoms in total. The van der Waals surface area contributed by atoms with Crippen LogP contribution in [0.4, 0.5) is 4.39 Å². The van der Waals surface area contributed by atoms with Crippen molar-refractivity contribution in [2.75, 3.05) is 20.3 Å². The summed E-state index contributed by atoms with van der Waals surface area (Å²) in [5, 5.41) is 2.85. The van der Waals surface area contributed by atoms with Crippen molar-refractivity contribution in [3.05, 3.63) is 30.1 Å². The lowest BCUT2D eigenvalue weighted by molar-refractivity contribution is -0.127. The summed E-state index contributed by atoms with van der Waals surface area (Å²) in [5.41, 5.74) is 6.00. The summed E-state index contributed by atoms with van der Waals surface area (Å²) in [6.07, 6.45) is 2.29. The fourth-order valence-electron chi connectivity index (χ4n) is 2.73. The molecule has 2 rings (SSSR count). The molecule has 1 aliphatic rings. The maximum atomic E-state index is 12.7. The van der Waals surface area contributed by atoms with Crippen LogP contribution in [0.25, 0.3) is 0 Å². The Balaban J connectivity index is 1.66. The van der Waals surface area contributed by atoms with Crippen LogP contribution >= 0.6 is 0 Å². The van der Waals surface area contributed by atoms with E-state index in [9.17, 15) is 9.18 Å². The van der Waals surface area contributed by atoms with Gasteiger partial charge in [-0.1, -0.05) is 0 Å². The molecule has 0 radical (unpaired) electrons. The van der Waals surface area contributed by atoms with E-state index in [0.717, 1.165) is 12.8 Å². The topological polar surface area (TPSA) is 73.6 Å². The molecule has 122 valence electrons. The Morgan fingerprint density at radius 2 is 2.09 bits per heavy atom. The van der Waals surface area contributed by atoms with E-state index in [-0.39, 0.29) is 29.8 Å². The minimum atomic E-state index is -0.302. The first-order chi connectivity index (χ1) is 10.6.